The molecule has 0 bridgehead atoms. The molecule has 2 aromatic carbocycles. The number of amides is 1. The smallest absolute Gasteiger partial charge is 0.361 e. The molecule has 7 heteroatoms. The standard InChI is InChI=1S/C22H20N2O5/c1-13(25)17-10-7-11-18(12-17)23-20(26)15(3)29-22(27)19-14(2)28-21(24-19)16-8-5-4-6-9-16/h4-12,15H,1-3H3,(H,23,26)/t15-/m1/s1. The SMILES string of the molecule is CC(=O)c1cccc(NC(=O)[C@@H](C)OC(=O)c2nc(-c3ccccc3)oc2C)c1. The van der Waals surface area contributed by atoms with Gasteiger partial charge in [0.25, 0.3) is 5.91 Å². The number of aromatic nitrogens is 1. The van der Waals surface area contributed by atoms with Crippen molar-refractivity contribution in [1.82, 2.24) is 4.98 Å². The Morgan fingerprint density at radius 1 is 1.07 bits per heavy atom. The van der Waals surface area contributed by atoms with Crippen LogP contribution in [0.15, 0.2) is 59.0 Å². The molecule has 0 aliphatic heterocycles. The number of nitrogens with one attached hydrogen (secondary N) is 1. The van der Waals surface area contributed by atoms with Crippen LogP contribution in [0, 0.1) is 6.92 Å². The molecule has 0 aliphatic carbocycles. The zero-order chi connectivity index (χ0) is 21.0. The number of anilines is 1. The van der Waals surface area contributed by atoms with E-state index in [1.165, 1.54) is 13.8 Å². The molecule has 3 rings (SSSR count). The third kappa shape index (κ3) is 4.76. The fourth-order valence-corrected chi connectivity index (χ4v) is 2.62. The van der Waals surface area contributed by atoms with E-state index in [1.54, 1.807) is 31.2 Å². The second kappa shape index (κ2) is 8.52. The van der Waals surface area contributed by atoms with Crippen LogP contribution in [0.2, 0.25) is 0 Å². The van der Waals surface area contributed by atoms with Gasteiger partial charge in [0.1, 0.15) is 5.76 Å². The maximum atomic E-state index is 12.5. The Balaban J connectivity index is 1.67. The van der Waals surface area contributed by atoms with Crippen LogP contribution in [0.4, 0.5) is 5.69 Å². The maximum Gasteiger partial charge on any atom is 0.361 e. The lowest BCUT2D eigenvalue weighted by atomic mass is 10.1. The number of esters is 1. The minimum Gasteiger partial charge on any atom is -0.448 e. The van der Waals surface area contributed by atoms with E-state index in [4.69, 9.17) is 9.15 Å². The topological polar surface area (TPSA) is 98.5 Å². The van der Waals surface area contributed by atoms with Gasteiger partial charge in [-0.3, -0.25) is 9.59 Å². The Bertz CT molecular complexity index is 1060. The highest BCUT2D eigenvalue weighted by Gasteiger charge is 2.24. The molecule has 1 atom stereocenters. The molecule has 0 aliphatic rings. The molecule has 148 valence electrons. The van der Waals surface area contributed by atoms with Crippen LogP contribution in [0.25, 0.3) is 11.5 Å². The molecule has 0 spiro atoms. The quantitative estimate of drug-likeness (QED) is 0.502. The van der Waals surface area contributed by atoms with Gasteiger partial charge >= 0.3 is 5.97 Å². The van der Waals surface area contributed by atoms with Crippen LogP contribution in [-0.2, 0) is 9.53 Å². The molecule has 1 aromatic heterocycles. The summed E-state index contributed by atoms with van der Waals surface area (Å²) >= 11 is 0. The van der Waals surface area contributed by atoms with Crippen molar-refractivity contribution in [2.75, 3.05) is 5.32 Å². The third-order valence-corrected chi connectivity index (χ3v) is 4.20. The van der Waals surface area contributed by atoms with Crippen molar-refractivity contribution in [3.05, 3.63) is 71.6 Å². The van der Waals surface area contributed by atoms with Crippen molar-refractivity contribution in [2.24, 2.45) is 0 Å². The fraction of sp³-hybridized carbons (Fsp3) is 0.182. The van der Waals surface area contributed by atoms with E-state index in [1.807, 2.05) is 30.3 Å². The number of aryl methyl sites for hydroxylation is 1. The summed E-state index contributed by atoms with van der Waals surface area (Å²) in [5.74, 6) is -0.794. The van der Waals surface area contributed by atoms with Crippen molar-refractivity contribution in [2.45, 2.75) is 26.9 Å². The summed E-state index contributed by atoms with van der Waals surface area (Å²) in [7, 11) is 0. The Morgan fingerprint density at radius 2 is 1.79 bits per heavy atom. The lowest BCUT2D eigenvalue weighted by molar-refractivity contribution is -0.123. The van der Waals surface area contributed by atoms with E-state index in [9.17, 15) is 14.4 Å². The molecule has 3 aromatic rings. The Labute approximate surface area is 167 Å². The summed E-state index contributed by atoms with van der Waals surface area (Å²) in [4.78, 5) is 40.5. The van der Waals surface area contributed by atoms with Gasteiger partial charge in [0.2, 0.25) is 5.89 Å². The number of nitrogens with zero attached hydrogens (tertiary/aromatic N) is 1. The zero-order valence-corrected chi connectivity index (χ0v) is 16.3. The lowest BCUT2D eigenvalue weighted by Gasteiger charge is -2.13. The number of hydrogen-bond donors (Lipinski definition) is 1. The Morgan fingerprint density at radius 3 is 2.48 bits per heavy atom. The van der Waals surface area contributed by atoms with E-state index in [2.05, 4.69) is 10.3 Å². The summed E-state index contributed by atoms with van der Waals surface area (Å²) in [5.41, 5.74) is 1.65. The highest BCUT2D eigenvalue weighted by atomic mass is 16.5. The molecule has 1 amide bonds. The monoisotopic (exact) mass is 392 g/mol. The number of benzene rings is 2. The number of carbonyl (C=O) groups is 3. The van der Waals surface area contributed by atoms with Crippen molar-refractivity contribution >= 4 is 23.3 Å². The van der Waals surface area contributed by atoms with Gasteiger partial charge in [0.15, 0.2) is 17.6 Å². The van der Waals surface area contributed by atoms with Crippen LogP contribution in [0.5, 0.6) is 0 Å². The van der Waals surface area contributed by atoms with Gasteiger partial charge in [0, 0.05) is 16.8 Å². The van der Waals surface area contributed by atoms with Gasteiger partial charge in [-0.1, -0.05) is 30.3 Å². The predicted molar refractivity (Wildman–Crippen MR) is 107 cm³/mol. The summed E-state index contributed by atoms with van der Waals surface area (Å²) in [6.45, 7) is 4.50. The molecular formula is C22H20N2O5. The maximum absolute atomic E-state index is 12.5. The van der Waals surface area contributed by atoms with Gasteiger partial charge in [-0.25, -0.2) is 9.78 Å². The van der Waals surface area contributed by atoms with Crippen molar-refractivity contribution in [1.29, 1.82) is 0 Å². The van der Waals surface area contributed by atoms with E-state index >= 15 is 0 Å². The first-order valence-electron chi connectivity index (χ1n) is 9.01. The number of rotatable bonds is 6. The van der Waals surface area contributed by atoms with Gasteiger partial charge in [-0.05, 0) is 45.0 Å². The molecule has 29 heavy (non-hydrogen) atoms. The van der Waals surface area contributed by atoms with Gasteiger partial charge in [-0.2, -0.15) is 0 Å². The summed E-state index contributed by atoms with van der Waals surface area (Å²) in [6, 6.07) is 15.7. The number of ether oxygens (including phenoxy) is 1. The fourth-order valence-electron chi connectivity index (χ4n) is 2.62. The minimum absolute atomic E-state index is 0.0158. The van der Waals surface area contributed by atoms with E-state index in [-0.39, 0.29) is 11.5 Å². The first-order chi connectivity index (χ1) is 13.8. The number of hydrogen-bond acceptors (Lipinski definition) is 6. The summed E-state index contributed by atoms with van der Waals surface area (Å²) in [6.07, 6.45) is -1.07. The van der Waals surface area contributed by atoms with E-state index in [0.29, 0.717) is 22.9 Å². The van der Waals surface area contributed by atoms with Crippen LogP contribution in [0.1, 0.15) is 40.5 Å². The number of Topliss-reactive ketones (excluding diaryl/α,β-unsaturated/α-hetero) is 1. The van der Waals surface area contributed by atoms with Crippen LogP contribution in [-0.4, -0.2) is 28.7 Å². The first kappa shape index (κ1) is 20.0. The van der Waals surface area contributed by atoms with Gasteiger partial charge < -0.3 is 14.5 Å². The molecule has 0 saturated heterocycles. The summed E-state index contributed by atoms with van der Waals surface area (Å²) < 4.78 is 10.8. The molecule has 0 fully saturated rings. The zero-order valence-electron chi connectivity index (χ0n) is 16.3. The van der Waals surface area contributed by atoms with Gasteiger partial charge in [-0.15, -0.1) is 0 Å². The van der Waals surface area contributed by atoms with E-state index in [0.717, 1.165) is 5.56 Å². The largest absolute Gasteiger partial charge is 0.448 e. The highest BCUT2D eigenvalue weighted by Crippen LogP contribution is 2.22. The van der Waals surface area contributed by atoms with Crippen LogP contribution >= 0.6 is 0 Å². The molecule has 0 unspecified atom stereocenters. The molecule has 0 radical (unpaired) electrons. The molecule has 7 nitrogen and oxygen atoms in total. The Hall–Kier alpha value is -3.74. The van der Waals surface area contributed by atoms with Crippen molar-refractivity contribution in [3.8, 4) is 11.5 Å². The lowest BCUT2D eigenvalue weighted by Crippen LogP contribution is -2.30. The second-order valence-corrected chi connectivity index (χ2v) is 6.46. The molecule has 0 saturated carbocycles. The number of ketones is 1. The average Bonchev–Trinajstić information content (AvgIpc) is 3.10. The number of carbonyl (C=O) groups excluding carboxylic acids is 3. The third-order valence-electron chi connectivity index (χ3n) is 4.20. The van der Waals surface area contributed by atoms with Crippen LogP contribution < -0.4 is 5.32 Å². The second-order valence-electron chi connectivity index (χ2n) is 6.46. The number of oxazole rings is 1. The molecule has 1 N–H and O–H groups in total. The Kier molecular flexibility index (Phi) is 5.87. The van der Waals surface area contributed by atoms with E-state index < -0.39 is 18.0 Å². The minimum atomic E-state index is -1.07. The average molecular weight is 392 g/mol. The molecular weight excluding hydrogens is 372 g/mol. The summed E-state index contributed by atoms with van der Waals surface area (Å²) in [5, 5.41) is 2.63. The predicted octanol–water partition coefficient (Wildman–Crippen LogP) is 4.04. The highest BCUT2D eigenvalue weighted by molar-refractivity contribution is 5.99. The van der Waals surface area contributed by atoms with Crippen molar-refractivity contribution in [3.63, 3.8) is 0 Å². The molecule has 1 heterocycles. The normalized spacial score (nSPS) is 11.6. The first-order valence-corrected chi connectivity index (χ1v) is 9.01. The van der Waals surface area contributed by atoms with Gasteiger partial charge in [0.05, 0.1) is 0 Å². The van der Waals surface area contributed by atoms with Crippen molar-refractivity contribution < 1.29 is 23.5 Å². The van der Waals surface area contributed by atoms with Crippen LogP contribution in [0.3, 0.4) is 0 Å².